The molecule has 0 aliphatic heterocycles. The fourth-order valence-electron chi connectivity index (χ4n) is 2.56. The number of nitrogens with one attached hydrogen (secondary N) is 1. The van der Waals surface area contributed by atoms with Crippen molar-refractivity contribution in [3.63, 3.8) is 0 Å². The third kappa shape index (κ3) is 6.93. The molecule has 23 heavy (non-hydrogen) atoms. The second-order valence-electron chi connectivity index (χ2n) is 6.07. The van der Waals surface area contributed by atoms with Crippen LogP contribution in [-0.2, 0) is 4.79 Å². The number of aromatic hydroxyl groups is 1. The van der Waals surface area contributed by atoms with Crippen molar-refractivity contribution in [3.8, 4) is 11.5 Å². The molecule has 0 aliphatic carbocycles. The number of carbonyl (C=O) groups is 1. The molecule has 1 rings (SSSR count). The van der Waals surface area contributed by atoms with Gasteiger partial charge >= 0.3 is 0 Å². The Bertz CT molecular complexity index is 474. The molecule has 4 heteroatoms. The van der Waals surface area contributed by atoms with Gasteiger partial charge in [0.15, 0.2) is 11.5 Å². The average molecular weight is 321 g/mol. The average Bonchev–Trinajstić information content (AvgIpc) is 2.56. The van der Waals surface area contributed by atoms with E-state index in [1.54, 1.807) is 18.2 Å². The summed E-state index contributed by atoms with van der Waals surface area (Å²) in [4.78, 5) is 12.2. The van der Waals surface area contributed by atoms with Gasteiger partial charge in [0.05, 0.1) is 13.0 Å². The first kappa shape index (κ1) is 19.3. The van der Waals surface area contributed by atoms with Gasteiger partial charge < -0.3 is 15.2 Å². The van der Waals surface area contributed by atoms with Crippen LogP contribution >= 0.6 is 0 Å². The van der Waals surface area contributed by atoms with E-state index in [1.807, 2.05) is 6.92 Å². The Balaban J connectivity index is 2.29. The zero-order valence-corrected chi connectivity index (χ0v) is 14.7. The normalized spacial score (nSPS) is 12.0. The largest absolute Gasteiger partial charge is 0.504 e. The molecule has 2 N–H and O–H groups in total. The van der Waals surface area contributed by atoms with Gasteiger partial charge in [-0.05, 0) is 31.0 Å². The molecule has 1 aromatic rings. The van der Waals surface area contributed by atoms with Crippen molar-refractivity contribution in [1.29, 1.82) is 0 Å². The molecule has 0 aliphatic rings. The minimum absolute atomic E-state index is 0.0173. The van der Waals surface area contributed by atoms with Crippen molar-refractivity contribution >= 4 is 5.91 Å². The minimum Gasteiger partial charge on any atom is -0.504 e. The van der Waals surface area contributed by atoms with Crippen LogP contribution in [0.2, 0.25) is 0 Å². The van der Waals surface area contributed by atoms with Crippen molar-refractivity contribution in [2.24, 2.45) is 0 Å². The van der Waals surface area contributed by atoms with Crippen LogP contribution in [-0.4, -0.2) is 24.7 Å². The van der Waals surface area contributed by atoms with Crippen LogP contribution in [0.4, 0.5) is 0 Å². The monoisotopic (exact) mass is 321 g/mol. The summed E-state index contributed by atoms with van der Waals surface area (Å²) in [7, 11) is 1.50. The molecule has 0 heterocycles. The van der Waals surface area contributed by atoms with Crippen molar-refractivity contribution in [3.05, 3.63) is 23.8 Å². The first-order valence-corrected chi connectivity index (χ1v) is 8.74. The summed E-state index contributed by atoms with van der Waals surface area (Å²) >= 11 is 0. The summed E-state index contributed by atoms with van der Waals surface area (Å²) in [6, 6.07) is 5.04. The Kier molecular flexibility index (Phi) is 9.18. The van der Waals surface area contributed by atoms with Crippen molar-refractivity contribution < 1.29 is 14.6 Å². The Morgan fingerprint density at radius 1 is 1.17 bits per heavy atom. The number of phenolic OH excluding ortho intramolecular Hbond substituents is 1. The highest BCUT2D eigenvalue weighted by molar-refractivity contribution is 5.83. The van der Waals surface area contributed by atoms with E-state index < -0.39 is 0 Å². The fraction of sp³-hybridized carbons (Fsp3) is 0.632. The molecule has 1 atom stereocenters. The second kappa shape index (κ2) is 10.9. The number of carbonyl (C=O) groups excluding carboxylic acids is 1. The summed E-state index contributed by atoms with van der Waals surface area (Å²) in [5, 5.41) is 12.6. The molecule has 1 amide bonds. The lowest BCUT2D eigenvalue weighted by Gasteiger charge is -2.14. The molecule has 0 bridgehead atoms. The summed E-state index contributed by atoms with van der Waals surface area (Å²) < 4.78 is 5.09. The van der Waals surface area contributed by atoms with Gasteiger partial charge in [0.1, 0.15) is 0 Å². The van der Waals surface area contributed by atoms with Crippen LogP contribution in [0, 0.1) is 0 Å². The third-order valence-corrected chi connectivity index (χ3v) is 4.18. The van der Waals surface area contributed by atoms with Crippen LogP contribution in [0.15, 0.2) is 18.2 Å². The van der Waals surface area contributed by atoms with Crippen LogP contribution in [0.3, 0.4) is 0 Å². The third-order valence-electron chi connectivity index (χ3n) is 4.18. The van der Waals surface area contributed by atoms with E-state index in [-0.39, 0.29) is 17.6 Å². The van der Waals surface area contributed by atoms with Crippen molar-refractivity contribution in [1.82, 2.24) is 5.32 Å². The molecule has 1 aromatic carbocycles. The van der Waals surface area contributed by atoms with Crippen LogP contribution < -0.4 is 10.1 Å². The molecule has 4 nitrogen and oxygen atoms in total. The Hall–Kier alpha value is -1.71. The van der Waals surface area contributed by atoms with Crippen LogP contribution in [0.5, 0.6) is 11.5 Å². The predicted octanol–water partition coefficient (Wildman–Crippen LogP) is 4.37. The summed E-state index contributed by atoms with van der Waals surface area (Å²) in [5.41, 5.74) is 0.844. The molecule has 130 valence electrons. The Morgan fingerprint density at radius 2 is 1.83 bits per heavy atom. The van der Waals surface area contributed by atoms with Gasteiger partial charge in [0, 0.05) is 6.54 Å². The van der Waals surface area contributed by atoms with Crippen molar-refractivity contribution in [2.45, 2.75) is 64.7 Å². The maximum atomic E-state index is 12.2. The number of hydrogen-bond donors (Lipinski definition) is 2. The van der Waals surface area contributed by atoms with Gasteiger partial charge in [0.25, 0.3) is 0 Å². The first-order valence-electron chi connectivity index (χ1n) is 8.74. The van der Waals surface area contributed by atoms with Crippen molar-refractivity contribution in [2.75, 3.05) is 13.7 Å². The zero-order chi connectivity index (χ0) is 17.1. The van der Waals surface area contributed by atoms with E-state index in [4.69, 9.17) is 4.74 Å². The van der Waals surface area contributed by atoms with E-state index in [1.165, 1.54) is 45.6 Å². The number of methoxy groups -OCH3 is 1. The number of hydrogen-bond acceptors (Lipinski definition) is 3. The van der Waals surface area contributed by atoms with Gasteiger partial charge in [-0.15, -0.1) is 0 Å². The van der Waals surface area contributed by atoms with Gasteiger partial charge in [-0.3, -0.25) is 4.79 Å². The number of unbranched alkanes of at least 4 members (excludes halogenated alkanes) is 6. The Morgan fingerprint density at radius 3 is 2.48 bits per heavy atom. The maximum absolute atomic E-state index is 12.2. The predicted molar refractivity (Wildman–Crippen MR) is 94.1 cm³/mol. The fourth-order valence-corrected chi connectivity index (χ4v) is 2.56. The summed E-state index contributed by atoms with van der Waals surface area (Å²) in [5.74, 6) is 0.249. The van der Waals surface area contributed by atoms with Crippen LogP contribution in [0.25, 0.3) is 0 Å². The van der Waals surface area contributed by atoms with E-state index >= 15 is 0 Å². The van der Waals surface area contributed by atoms with Gasteiger partial charge in [-0.25, -0.2) is 0 Å². The number of benzene rings is 1. The highest BCUT2D eigenvalue weighted by atomic mass is 16.5. The lowest BCUT2D eigenvalue weighted by Crippen LogP contribution is -2.28. The quantitative estimate of drug-likeness (QED) is 0.595. The lowest BCUT2D eigenvalue weighted by molar-refractivity contribution is -0.122. The summed E-state index contributed by atoms with van der Waals surface area (Å²) in [6.07, 6.45) is 8.67. The van der Waals surface area contributed by atoms with Gasteiger partial charge in [-0.1, -0.05) is 51.5 Å². The molecule has 0 fully saturated rings. The minimum atomic E-state index is -0.256. The van der Waals surface area contributed by atoms with Gasteiger partial charge in [-0.2, -0.15) is 0 Å². The molecule has 0 saturated heterocycles. The highest BCUT2D eigenvalue weighted by Gasteiger charge is 2.16. The number of rotatable bonds is 11. The second-order valence-corrected chi connectivity index (χ2v) is 6.07. The molecule has 1 unspecified atom stereocenters. The lowest BCUT2D eigenvalue weighted by atomic mass is 9.99. The standard InChI is InChI=1S/C19H31NO3/c1-4-5-6-7-8-9-10-13-20-19(22)15(2)16-11-12-17(21)18(14-16)23-3/h11-12,14-15,21H,4-10,13H2,1-3H3,(H,20,22). The van der Waals surface area contributed by atoms with E-state index in [2.05, 4.69) is 12.2 Å². The zero-order valence-electron chi connectivity index (χ0n) is 14.7. The molecule has 0 aromatic heterocycles. The molecular formula is C19H31NO3. The maximum Gasteiger partial charge on any atom is 0.227 e. The number of amides is 1. The SMILES string of the molecule is CCCCCCCCCNC(=O)C(C)c1ccc(O)c(OC)c1. The van der Waals surface area contributed by atoms with E-state index in [0.29, 0.717) is 5.75 Å². The Labute approximate surface area is 140 Å². The highest BCUT2D eigenvalue weighted by Crippen LogP contribution is 2.29. The molecule has 0 radical (unpaired) electrons. The van der Waals surface area contributed by atoms with E-state index in [9.17, 15) is 9.90 Å². The first-order chi connectivity index (χ1) is 11.1. The molecular weight excluding hydrogens is 290 g/mol. The van der Waals surface area contributed by atoms with Crippen LogP contribution in [0.1, 0.15) is 70.3 Å². The van der Waals surface area contributed by atoms with E-state index in [0.717, 1.165) is 18.5 Å². The van der Waals surface area contributed by atoms with Gasteiger partial charge in [0.2, 0.25) is 5.91 Å². The number of phenols is 1. The topological polar surface area (TPSA) is 58.6 Å². The summed E-state index contributed by atoms with van der Waals surface area (Å²) in [6.45, 7) is 4.82. The number of ether oxygens (including phenoxy) is 1. The molecule has 0 spiro atoms. The smallest absolute Gasteiger partial charge is 0.227 e. The molecule has 0 saturated carbocycles.